The summed E-state index contributed by atoms with van der Waals surface area (Å²) in [6, 6.07) is 10.3. The van der Waals surface area contributed by atoms with Crippen LogP contribution in [0.5, 0.6) is 11.5 Å². The summed E-state index contributed by atoms with van der Waals surface area (Å²) in [4.78, 5) is 11.8. The maximum absolute atomic E-state index is 11.8. The summed E-state index contributed by atoms with van der Waals surface area (Å²) in [6.07, 6.45) is 3.43. The van der Waals surface area contributed by atoms with E-state index in [1.165, 1.54) is 20.3 Å². The maximum Gasteiger partial charge on any atom is 0.342 e. The molecular weight excluding hydrogens is 304 g/mol. The van der Waals surface area contributed by atoms with Crippen molar-refractivity contribution in [3.05, 3.63) is 58.1 Å². The number of methoxy groups -OCH3 is 2. The number of rotatable bonds is 4. The van der Waals surface area contributed by atoms with E-state index in [1.807, 2.05) is 18.2 Å². The molecular formula is C17H15ClO4. The molecule has 0 saturated carbocycles. The van der Waals surface area contributed by atoms with Crippen molar-refractivity contribution in [1.29, 1.82) is 0 Å². The molecule has 0 atom stereocenters. The van der Waals surface area contributed by atoms with Crippen LogP contribution in [0.2, 0.25) is 5.02 Å². The largest absolute Gasteiger partial charge is 0.507 e. The molecule has 0 spiro atoms. The normalized spacial score (nSPS) is 10.7. The third-order valence-corrected chi connectivity index (χ3v) is 3.44. The van der Waals surface area contributed by atoms with E-state index in [-0.39, 0.29) is 11.3 Å². The number of esters is 1. The van der Waals surface area contributed by atoms with E-state index >= 15 is 0 Å². The van der Waals surface area contributed by atoms with Crippen LogP contribution in [-0.2, 0) is 4.74 Å². The van der Waals surface area contributed by atoms with Gasteiger partial charge in [0.1, 0.15) is 17.1 Å². The molecule has 0 heterocycles. The van der Waals surface area contributed by atoms with Gasteiger partial charge in [0.25, 0.3) is 0 Å². The lowest BCUT2D eigenvalue weighted by molar-refractivity contribution is 0.0597. The lowest BCUT2D eigenvalue weighted by Crippen LogP contribution is -2.04. The minimum Gasteiger partial charge on any atom is -0.507 e. The fourth-order valence-electron chi connectivity index (χ4n) is 1.99. The van der Waals surface area contributed by atoms with E-state index in [9.17, 15) is 9.90 Å². The van der Waals surface area contributed by atoms with Crippen LogP contribution < -0.4 is 4.74 Å². The number of hydrogen-bond acceptors (Lipinski definition) is 4. The number of phenols is 1. The molecule has 4 nitrogen and oxygen atoms in total. The highest BCUT2D eigenvalue weighted by atomic mass is 35.5. The topological polar surface area (TPSA) is 55.8 Å². The molecule has 2 rings (SSSR count). The molecule has 0 aliphatic rings. The Morgan fingerprint density at radius 1 is 1.14 bits per heavy atom. The predicted octanol–water partition coefficient (Wildman–Crippen LogP) is 4.01. The lowest BCUT2D eigenvalue weighted by Gasteiger charge is -2.09. The van der Waals surface area contributed by atoms with E-state index in [1.54, 1.807) is 24.3 Å². The van der Waals surface area contributed by atoms with E-state index < -0.39 is 5.97 Å². The molecule has 0 saturated heterocycles. The predicted molar refractivity (Wildman–Crippen MR) is 86.4 cm³/mol. The van der Waals surface area contributed by atoms with Gasteiger partial charge in [0.05, 0.1) is 14.2 Å². The Labute approximate surface area is 133 Å². The highest BCUT2D eigenvalue weighted by Gasteiger charge is 2.17. The standard InChI is InChI=1S/C17H15ClO4/c1-21-13-9-12(16(15(19)10-13)17(20)22-2)8-7-11-5-3-4-6-14(11)18/h3-10,19H,1-2H3/b8-7+. The van der Waals surface area contributed by atoms with Gasteiger partial charge in [-0.15, -0.1) is 0 Å². The van der Waals surface area contributed by atoms with Crippen molar-refractivity contribution in [3.8, 4) is 11.5 Å². The Bertz CT molecular complexity index is 723. The van der Waals surface area contributed by atoms with Crippen molar-refractivity contribution < 1.29 is 19.4 Å². The summed E-state index contributed by atoms with van der Waals surface area (Å²) in [5.74, 6) is -0.395. The smallest absolute Gasteiger partial charge is 0.342 e. The average Bonchev–Trinajstić information content (AvgIpc) is 2.52. The molecule has 0 radical (unpaired) electrons. The van der Waals surface area contributed by atoms with Crippen molar-refractivity contribution in [2.24, 2.45) is 0 Å². The van der Waals surface area contributed by atoms with Crippen LogP contribution in [0.4, 0.5) is 0 Å². The molecule has 0 aliphatic carbocycles. The second-order valence-corrected chi connectivity index (χ2v) is 4.86. The number of carbonyl (C=O) groups excluding carboxylic acids is 1. The lowest BCUT2D eigenvalue weighted by atomic mass is 10.0. The highest BCUT2D eigenvalue weighted by Crippen LogP contribution is 2.30. The minimum atomic E-state index is -0.626. The first-order valence-corrected chi connectivity index (χ1v) is 6.86. The number of aromatic hydroxyl groups is 1. The summed E-state index contributed by atoms with van der Waals surface area (Å²) < 4.78 is 9.82. The van der Waals surface area contributed by atoms with Crippen LogP contribution >= 0.6 is 11.6 Å². The van der Waals surface area contributed by atoms with E-state index in [4.69, 9.17) is 21.1 Å². The van der Waals surface area contributed by atoms with Gasteiger partial charge in [0, 0.05) is 11.1 Å². The Balaban J connectivity index is 2.51. The number of benzene rings is 2. The summed E-state index contributed by atoms with van der Waals surface area (Å²) in [6.45, 7) is 0. The van der Waals surface area contributed by atoms with Gasteiger partial charge < -0.3 is 14.6 Å². The van der Waals surface area contributed by atoms with Crippen LogP contribution in [0.15, 0.2) is 36.4 Å². The van der Waals surface area contributed by atoms with E-state index in [0.717, 1.165) is 5.56 Å². The first-order chi connectivity index (χ1) is 10.6. The second kappa shape index (κ2) is 7.00. The average molecular weight is 319 g/mol. The van der Waals surface area contributed by atoms with Gasteiger partial charge in [-0.25, -0.2) is 4.79 Å². The molecule has 0 aliphatic heterocycles. The Kier molecular flexibility index (Phi) is 5.07. The molecule has 5 heteroatoms. The number of ether oxygens (including phenoxy) is 2. The van der Waals surface area contributed by atoms with Crippen molar-refractivity contribution in [2.45, 2.75) is 0 Å². The Morgan fingerprint density at radius 2 is 1.82 bits per heavy atom. The third kappa shape index (κ3) is 3.40. The maximum atomic E-state index is 11.8. The SMILES string of the molecule is COC(=O)c1c(O)cc(OC)cc1/C=C/c1ccccc1Cl. The fourth-order valence-corrected chi connectivity index (χ4v) is 2.18. The molecule has 0 fully saturated rings. The van der Waals surface area contributed by atoms with E-state index in [2.05, 4.69) is 0 Å². The van der Waals surface area contributed by atoms with Gasteiger partial charge in [0.2, 0.25) is 0 Å². The van der Waals surface area contributed by atoms with Gasteiger partial charge in [-0.3, -0.25) is 0 Å². The van der Waals surface area contributed by atoms with Crippen LogP contribution in [0, 0.1) is 0 Å². The number of phenolic OH excluding ortho intramolecular Hbond substituents is 1. The van der Waals surface area contributed by atoms with Crippen LogP contribution in [-0.4, -0.2) is 25.3 Å². The number of halogens is 1. The molecule has 0 unspecified atom stereocenters. The summed E-state index contributed by atoms with van der Waals surface area (Å²) in [5, 5.41) is 10.6. The van der Waals surface area contributed by atoms with Crippen molar-refractivity contribution in [1.82, 2.24) is 0 Å². The zero-order chi connectivity index (χ0) is 16.1. The van der Waals surface area contributed by atoms with Crippen LogP contribution in [0.1, 0.15) is 21.5 Å². The van der Waals surface area contributed by atoms with E-state index in [0.29, 0.717) is 16.3 Å². The molecule has 2 aromatic rings. The zero-order valence-corrected chi connectivity index (χ0v) is 12.9. The Morgan fingerprint density at radius 3 is 2.45 bits per heavy atom. The summed E-state index contributed by atoms with van der Waals surface area (Å²) >= 11 is 6.09. The molecule has 2 aromatic carbocycles. The Hall–Kier alpha value is -2.46. The first-order valence-electron chi connectivity index (χ1n) is 6.48. The van der Waals surface area contributed by atoms with Crippen molar-refractivity contribution in [3.63, 3.8) is 0 Å². The first kappa shape index (κ1) is 15.9. The number of hydrogen-bond donors (Lipinski definition) is 1. The third-order valence-electron chi connectivity index (χ3n) is 3.09. The molecule has 0 aromatic heterocycles. The number of carbonyl (C=O) groups is 1. The molecule has 0 bridgehead atoms. The minimum absolute atomic E-state index is 0.0756. The van der Waals surface area contributed by atoms with Crippen molar-refractivity contribution >= 4 is 29.7 Å². The highest BCUT2D eigenvalue weighted by molar-refractivity contribution is 6.32. The quantitative estimate of drug-likeness (QED) is 0.683. The second-order valence-electron chi connectivity index (χ2n) is 4.46. The van der Waals surface area contributed by atoms with Gasteiger partial charge in [0.15, 0.2) is 0 Å². The molecule has 22 heavy (non-hydrogen) atoms. The van der Waals surface area contributed by atoms with Gasteiger partial charge >= 0.3 is 5.97 Å². The van der Waals surface area contributed by atoms with Gasteiger partial charge in [-0.2, -0.15) is 0 Å². The van der Waals surface area contributed by atoms with Crippen LogP contribution in [0.25, 0.3) is 12.2 Å². The molecule has 114 valence electrons. The molecule has 0 amide bonds. The van der Waals surface area contributed by atoms with Gasteiger partial charge in [-0.05, 0) is 23.3 Å². The van der Waals surface area contributed by atoms with Crippen LogP contribution in [0.3, 0.4) is 0 Å². The summed E-state index contributed by atoms with van der Waals surface area (Å²) in [7, 11) is 2.74. The zero-order valence-electron chi connectivity index (χ0n) is 12.2. The monoisotopic (exact) mass is 318 g/mol. The van der Waals surface area contributed by atoms with Gasteiger partial charge in [-0.1, -0.05) is 42.0 Å². The fraction of sp³-hybridized carbons (Fsp3) is 0.118. The molecule has 1 N–H and O–H groups in total. The summed E-state index contributed by atoms with van der Waals surface area (Å²) in [5.41, 5.74) is 1.34. The van der Waals surface area contributed by atoms with Crippen molar-refractivity contribution in [2.75, 3.05) is 14.2 Å².